The normalized spacial score (nSPS) is 13.3. The molecule has 0 unspecified atom stereocenters. The van der Waals surface area contributed by atoms with E-state index in [0.717, 1.165) is 22.6 Å². The molecule has 0 bridgehead atoms. The van der Waals surface area contributed by atoms with Crippen LogP contribution >= 0.6 is 0 Å². The summed E-state index contributed by atoms with van der Waals surface area (Å²) < 4.78 is 10.7. The number of likely N-dealkylation sites (N-methyl/N-ethyl adjacent to an activating group) is 1. The average Bonchev–Trinajstić information content (AvgIpc) is 2.96. The van der Waals surface area contributed by atoms with Gasteiger partial charge in [0.25, 0.3) is 0 Å². The van der Waals surface area contributed by atoms with E-state index in [4.69, 9.17) is 9.47 Å². The molecule has 0 spiro atoms. The fraction of sp³-hybridized carbons (Fsp3) is 0.357. The smallest absolute Gasteiger partial charge is 0.242 e. The molecule has 0 saturated carbocycles. The minimum absolute atomic E-state index is 0.0298. The van der Waals surface area contributed by atoms with E-state index in [1.807, 2.05) is 72.5 Å². The molecule has 0 N–H and O–H groups in total. The molecule has 2 amide bonds. The summed E-state index contributed by atoms with van der Waals surface area (Å²) in [7, 11) is 3.20. The van der Waals surface area contributed by atoms with Gasteiger partial charge in [-0.25, -0.2) is 0 Å². The second kappa shape index (κ2) is 12.2. The van der Waals surface area contributed by atoms with Gasteiger partial charge in [-0.15, -0.1) is 10.2 Å². The molecule has 3 aromatic rings. The van der Waals surface area contributed by atoms with E-state index in [-0.39, 0.29) is 18.4 Å². The molecular formula is C28H33N5O4. The highest BCUT2D eigenvalue weighted by atomic mass is 16.5. The number of hydrogen-bond donors (Lipinski definition) is 0. The van der Waals surface area contributed by atoms with Gasteiger partial charge in [0, 0.05) is 38.3 Å². The molecular weight excluding hydrogens is 470 g/mol. The molecule has 1 aromatic heterocycles. The van der Waals surface area contributed by atoms with Crippen LogP contribution in [0.15, 0.2) is 60.7 Å². The third-order valence-electron chi connectivity index (χ3n) is 6.54. The maximum absolute atomic E-state index is 12.9. The Bertz CT molecular complexity index is 1190. The van der Waals surface area contributed by atoms with Crippen LogP contribution in [0.2, 0.25) is 0 Å². The lowest BCUT2D eigenvalue weighted by atomic mass is 10.1. The zero-order chi connectivity index (χ0) is 26.2. The molecule has 1 saturated heterocycles. The van der Waals surface area contributed by atoms with E-state index >= 15 is 0 Å². The zero-order valence-electron chi connectivity index (χ0n) is 21.6. The number of rotatable bonds is 9. The van der Waals surface area contributed by atoms with Crippen molar-refractivity contribution in [2.45, 2.75) is 13.3 Å². The Morgan fingerprint density at radius 3 is 2.24 bits per heavy atom. The molecule has 9 heteroatoms. The molecule has 4 rings (SSSR count). The van der Waals surface area contributed by atoms with Crippen LogP contribution in [0.4, 0.5) is 5.82 Å². The van der Waals surface area contributed by atoms with E-state index in [1.54, 1.807) is 19.1 Å². The van der Waals surface area contributed by atoms with Crippen molar-refractivity contribution >= 4 is 17.6 Å². The van der Waals surface area contributed by atoms with E-state index < -0.39 is 0 Å². The van der Waals surface area contributed by atoms with Gasteiger partial charge in [0.05, 0.1) is 32.9 Å². The van der Waals surface area contributed by atoms with Crippen LogP contribution in [0, 0.1) is 0 Å². The van der Waals surface area contributed by atoms with Crippen LogP contribution < -0.4 is 14.4 Å². The van der Waals surface area contributed by atoms with E-state index in [1.165, 1.54) is 0 Å². The Morgan fingerprint density at radius 2 is 1.62 bits per heavy atom. The predicted molar refractivity (Wildman–Crippen MR) is 142 cm³/mol. The summed E-state index contributed by atoms with van der Waals surface area (Å²) in [6.07, 6.45) is 0.299. The highest BCUT2D eigenvalue weighted by Gasteiger charge is 2.25. The zero-order valence-corrected chi connectivity index (χ0v) is 21.6. The summed E-state index contributed by atoms with van der Waals surface area (Å²) in [4.78, 5) is 31.2. The topological polar surface area (TPSA) is 88.1 Å². The number of amides is 2. The maximum Gasteiger partial charge on any atom is 0.242 e. The molecule has 1 aliphatic heterocycles. The van der Waals surface area contributed by atoms with Crippen molar-refractivity contribution < 1.29 is 19.1 Å². The van der Waals surface area contributed by atoms with Gasteiger partial charge >= 0.3 is 0 Å². The summed E-state index contributed by atoms with van der Waals surface area (Å²) in [5, 5.41) is 8.82. The first-order valence-corrected chi connectivity index (χ1v) is 12.4. The molecule has 2 heterocycles. The minimum atomic E-state index is -0.0365. The Hall–Kier alpha value is -4.14. The van der Waals surface area contributed by atoms with Gasteiger partial charge in [-0.1, -0.05) is 30.3 Å². The van der Waals surface area contributed by atoms with Crippen molar-refractivity contribution in [2.75, 3.05) is 58.4 Å². The van der Waals surface area contributed by atoms with Gasteiger partial charge in [-0.3, -0.25) is 9.59 Å². The first-order valence-electron chi connectivity index (χ1n) is 12.4. The molecule has 37 heavy (non-hydrogen) atoms. The molecule has 194 valence electrons. The van der Waals surface area contributed by atoms with Gasteiger partial charge in [-0.2, -0.15) is 0 Å². The van der Waals surface area contributed by atoms with Crippen LogP contribution in [-0.2, 0) is 16.0 Å². The van der Waals surface area contributed by atoms with Crippen molar-refractivity contribution in [3.8, 4) is 22.8 Å². The number of nitrogens with zero attached hydrogens (tertiary/aromatic N) is 5. The third kappa shape index (κ3) is 6.35. The number of aromatic nitrogens is 2. The number of methoxy groups -OCH3 is 2. The van der Waals surface area contributed by atoms with Gasteiger partial charge in [-0.05, 0) is 42.8 Å². The average molecular weight is 504 g/mol. The highest BCUT2D eigenvalue weighted by molar-refractivity contribution is 5.86. The van der Waals surface area contributed by atoms with Crippen molar-refractivity contribution in [2.24, 2.45) is 0 Å². The number of carbonyl (C=O) groups excluding carboxylic acids is 2. The first kappa shape index (κ1) is 25.9. The first-order chi connectivity index (χ1) is 18.0. The van der Waals surface area contributed by atoms with Crippen molar-refractivity contribution in [3.05, 3.63) is 66.2 Å². The Morgan fingerprint density at radius 1 is 0.892 bits per heavy atom. The van der Waals surface area contributed by atoms with Crippen LogP contribution in [0.1, 0.15) is 12.5 Å². The largest absolute Gasteiger partial charge is 0.493 e. The molecule has 1 fully saturated rings. The summed E-state index contributed by atoms with van der Waals surface area (Å²) >= 11 is 0. The van der Waals surface area contributed by atoms with Crippen molar-refractivity contribution in [3.63, 3.8) is 0 Å². The lowest BCUT2D eigenvalue weighted by molar-refractivity contribution is -0.140. The van der Waals surface area contributed by atoms with Crippen LogP contribution in [-0.4, -0.2) is 85.3 Å². The maximum atomic E-state index is 12.9. The van der Waals surface area contributed by atoms with E-state index in [0.29, 0.717) is 50.6 Å². The summed E-state index contributed by atoms with van der Waals surface area (Å²) in [6.45, 7) is 4.95. The molecule has 0 aliphatic carbocycles. The van der Waals surface area contributed by atoms with Gasteiger partial charge in [0.1, 0.15) is 0 Å². The SMILES string of the molecule is CCN(CC(=O)N1CCN(c2ccc(-c3ccc(OC)c(OC)c3)nn2)CC1)C(=O)Cc1ccccc1. The quantitative estimate of drug-likeness (QED) is 0.444. The number of anilines is 1. The Kier molecular flexibility index (Phi) is 8.56. The lowest BCUT2D eigenvalue weighted by Crippen LogP contribution is -2.52. The monoisotopic (exact) mass is 503 g/mol. The minimum Gasteiger partial charge on any atom is -0.493 e. The highest BCUT2D eigenvalue weighted by Crippen LogP contribution is 2.31. The third-order valence-corrected chi connectivity index (χ3v) is 6.54. The summed E-state index contributed by atoms with van der Waals surface area (Å²) in [5.41, 5.74) is 2.57. The standard InChI is InChI=1S/C28H33N5O4/c1-4-31(27(34)18-21-8-6-5-7-9-21)20-28(35)33-16-14-32(15-17-33)26-13-11-23(29-30-26)22-10-12-24(36-2)25(19-22)37-3/h5-13,19H,4,14-18,20H2,1-3H3. The van der Waals surface area contributed by atoms with Gasteiger partial charge in [0.2, 0.25) is 11.8 Å². The van der Waals surface area contributed by atoms with Gasteiger partial charge < -0.3 is 24.2 Å². The van der Waals surface area contributed by atoms with Crippen LogP contribution in [0.5, 0.6) is 11.5 Å². The molecule has 1 aliphatic rings. The molecule has 0 atom stereocenters. The molecule has 2 aromatic carbocycles. The number of ether oxygens (including phenoxy) is 2. The Balaban J connectivity index is 1.31. The van der Waals surface area contributed by atoms with Crippen LogP contribution in [0.25, 0.3) is 11.3 Å². The fourth-order valence-electron chi connectivity index (χ4n) is 4.35. The summed E-state index contributed by atoms with van der Waals surface area (Å²) in [6, 6.07) is 19.1. The van der Waals surface area contributed by atoms with Crippen molar-refractivity contribution in [1.82, 2.24) is 20.0 Å². The molecule has 0 radical (unpaired) electrons. The van der Waals surface area contributed by atoms with Crippen LogP contribution in [0.3, 0.4) is 0 Å². The fourth-order valence-corrected chi connectivity index (χ4v) is 4.35. The predicted octanol–water partition coefficient (Wildman–Crippen LogP) is 2.90. The number of hydrogen-bond acceptors (Lipinski definition) is 7. The lowest BCUT2D eigenvalue weighted by Gasteiger charge is -2.36. The number of benzene rings is 2. The number of carbonyl (C=O) groups is 2. The second-order valence-corrected chi connectivity index (χ2v) is 8.78. The molecule has 9 nitrogen and oxygen atoms in total. The number of piperazine rings is 1. The van der Waals surface area contributed by atoms with Gasteiger partial charge in [0.15, 0.2) is 17.3 Å². The second-order valence-electron chi connectivity index (χ2n) is 8.78. The van der Waals surface area contributed by atoms with E-state index in [9.17, 15) is 9.59 Å². The summed E-state index contributed by atoms with van der Waals surface area (Å²) in [5.74, 6) is 1.99. The van der Waals surface area contributed by atoms with Crippen molar-refractivity contribution in [1.29, 1.82) is 0 Å². The Labute approximate surface area is 217 Å². The van der Waals surface area contributed by atoms with E-state index in [2.05, 4.69) is 15.1 Å².